The molecule has 1 aromatic heterocycles. The van der Waals surface area contributed by atoms with E-state index in [9.17, 15) is 0 Å². The average molecular weight is 381 g/mol. The van der Waals surface area contributed by atoms with Crippen LogP contribution in [-0.4, -0.2) is 18.1 Å². The quantitative estimate of drug-likeness (QED) is 0.544. The minimum Gasteiger partial charge on any atom is -0.490 e. The molecule has 4 rings (SSSR count). The van der Waals surface area contributed by atoms with Gasteiger partial charge in [0.05, 0.1) is 16.3 Å². The van der Waals surface area contributed by atoms with Gasteiger partial charge in [-0.25, -0.2) is 4.98 Å². The highest BCUT2D eigenvalue weighted by molar-refractivity contribution is 7.21. The molecule has 27 heavy (non-hydrogen) atoms. The molecule has 0 unspecified atom stereocenters. The van der Waals surface area contributed by atoms with Crippen LogP contribution in [0.15, 0.2) is 42.5 Å². The highest BCUT2D eigenvalue weighted by atomic mass is 32.1. The Labute approximate surface area is 165 Å². The average Bonchev–Trinajstić information content (AvgIpc) is 3.09. The zero-order chi connectivity index (χ0) is 18.6. The van der Waals surface area contributed by atoms with Crippen LogP contribution in [0.4, 0.5) is 5.69 Å². The van der Waals surface area contributed by atoms with Crippen molar-refractivity contribution >= 4 is 27.2 Å². The Bertz CT molecular complexity index is 877. The fraction of sp³-hybridized carbons (Fsp3) is 0.435. The Kier molecular flexibility index (Phi) is 5.63. The zero-order valence-electron chi connectivity index (χ0n) is 16.2. The van der Waals surface area contributed by atoms with Gasteiger partial charge in [0, 0.05) is 18.3 Å². The van der Waals surface area contributed by atoms with Crippen molar-refractivity contribution in [2.45, 2.75) is 51.6 Å². The van der Waals surface area contributed by atoms with Crippen LogP contribution in [0.25, 0.3) is 20.8 Å². The number of thiazole rings is 1. The molecule has 0 radical (unpaired) electrons. The van der Waals surface area contributed by atoms with E-state index in [0.29, 0.717) is 6.10 Å². The van der Waals surface area contributed by atoms with Crippen molar-refractivity contribution < 1.29 is 4.74 Å². The van der Waals surface area contributed by atoms with Crippen LogP contribution in [0, 0.1) is 5.92 Å². The molecule has 2 aromatic carbocycles. The lowest BCUT2D eigenvalue weighted by Gasteiger charge is -2.23. The molecule has 1 fully saturated rings. The van der Waals surface area contributed by atoms with Crippen LogP contribution in [0.2, 0.25) is 0 Å². The van der Waals surface area contributed by atoms with Crippen LogP contribution in [0.1, 0.15) is 45.4 Å². The number of fused-ring (bicyclic) bond motifs is 1. The minimum atomic E-state index is 0.358. The number of ether oxygens (including phenoxy) is 1. The molecule has 0 spiro atoms. The molecule has 0 amide bonds. The Hall–Kier alpha value is -2.07. The number of anilines is 1. The number of nitrogens with zero attached hydrogens (tertiary/aromatic N) is 1. The van der Waals surface area contributed by atoms with E-state index in [4.69, 9.17) is 9.72 Å². The second-order valence-corrected chi connectivity index (χ2v) is 8.71. The molecule has 142 valence electrons. The summed E-state index contributed by atoms with van der Waals surface area (Å²) in [6, 6.07) is 14.8. The summed E-state index contributed by atoms with van der Waals surface area (Å²) < 4.78 is 7.54. The first kappa shape index (κ1) is 18.3. The molecule has 1 N–H and O–H groups in total. The number of nitrogens with one attached hydrogen (secondary N) is 1. The first-order valence-electron chi connectivity index (χ1n) is 10.1. The van der Waals surface area contributed by atoms with Crippen molar-refractivity contribution in [2.24, 2.45) is 5.92 Å². The second-order valence-electron chi connectivity index (χ2n) is 7.68. The molecular weight excluding hydrogens is 352 g/mol. The van der Waals surface area contributed by atoms with Crippen LogP contribution >= 0.6 is 11.3 Å². The Balaban J connectivity index is 1.50. The van der Waals surface area contributed by atoms with E-state index in [1.165, 1.54) is 43.2 Å². The summed E-state index contributed by atoms with van der Waals surface area (Å²) >= 11 is 1.74. The van der Waals surface area contributed by atoms with Crippen molar-refractivity contribution in [3.05, 3.63) is 42.5 Å². The van der Waals surface area contributed by atoms with Gasteiger partial charge in [0.25, 0.3) is 0 Å². The van der Waals surface area contributed by atoms with Crippen molar-refractivity contribution in [3.63, 3.8) is 0 Å². The molecule has 0 saturated heterocycles. The number of aromatic nitrogens is 1. The highest BCUT2D eigenvalue weighted by Crippen LogP contribution is 2.34. The normalized spacial score (nSPS) is 20.8. The largest absolute Gasteiger partial charge is 0.490 e. The molecule has 4 heteroatoms. The molecule has 0 aliphatic heterocycles. The summed E-state index contributed by atoms with van der Waals surface area (Å²) in [5, 5.41) is 4.22. The van der Waals surface area contributed by atoms with E-state index in [0.717, 1.165) is 33.4 Å². The van der Waals surface area contributed by atoms with Gasteiger partial charge < -0.3 is 10.1 Å². The van der Waals surface area contributed by atoms with Crippen LogP contribution in [-0.2, 0) is 0 Å². The minimum absolute atomic E-state index is 0.358. The predicted octanol–water partition coefficient (Wildman–Crippen LogP) is 6.74. The molecule has 1 aliphatic carbocycles. The Morgan fingerprint density at radius 2 is 1.74 bits per heavy atom. The van der Waals surface area contributed by atoms with Gasteiger partial charge in [0.2, 0.25) is 0 Å². The van der Waals surface area contributed by atoms with E-state index in [-0.39, 0.29) is 0 Å². The third kappa shape index (κ3) is 4.44. The Morgan fingerprint density at radius 3 is 2.44 bits per heavy atom. The van der Waals surface area contributed by atoms with Gasteiger partial charge in [-0.3, -0.25) is 0 Å². The monoisotopic (exact) mass is 380 g/mol. The van der Waals surface area contributed by atoms with Gasteiger partial charge in [-0.05, 0) is 74.1 Å². The molecule has 1 heterocycles. The summed E-state index contributed by atoms with van der Waals surface area (Å²) in [4.78, 5) is 4.80. The lowest BCUT2D eigenvalue weighted by molar-refractivity contribution is 0.159. The summed E-state index contributed by atoms with van der Waals surface area (Å²) in [6.07, 6.45) is 7.94. The van der Waals surface area contributed by atoms with E-state index < -0.39 is 0 Å². The Morgan fingerprint density at radius 1 is 1.00 bits per heavy atom. The summed E-state index contributed by atoms with van der Waals surface area (Å²) in [5.74, 6) is 1.86. The van der Waals surface area contributed by atoms with Gasteiger partial charge in [-0.15, -0.1) is 11.3 Å². The summed E-state index contributed by atoms with van der Waals surface area (Å²) in [6.45, 7) is 2.38. The molecule has 1 saturated carbocycles. The maximum absolute atomic E-state index is 6.35. The van der Waals surface area contributed by atoms with Crippen LogP contribution in [0.3, 0.4) is 0 Å². The maximum Gasteiger partial charge on any atom is 0.124 e. The van der Waals surface area contributed by atoms with E-state index in [2.05, 4.69) is 54.7 Å². The topological polar surface area (TPSA) is 34.2 Å². The van der Waals surface area contributed by atoms with Crippen LogP contribution in [0.5, 0.6) is 5.75 Å². The highest BCUT2D eigenvalue weighted by Gasteiger charge is 2.16. The van der Waals surface area contributed by atoms with Crippen molar-refractivity contribution in [1.29, 1.82) is 0 Å². The first-order chi connectivity index (χ1) is 13.2. The lowest BCUT2D eigenvalue weighted by Crippen LogP contribution is -2.19. The fourth-order valence-corrected chi connectivity index (χ4v) is 4.87. The lowest BCUT2D eigenvalue weighted by atomic mass is 9.91. The smallest absolute Gasteiger partial charge is 0.124 e. The van der Waals surface area contributed by atoms with Gasteiger partial charge >= 0.3 is 0 Å². The third-order valence-electron chi connectivity index (χ3n) is 5.53. The van der Waals surface area contributed by atoms with E-state index in [1.807, 2.05) is 7.05 Å². The first-order valence-corrected chi connectivity index (χ1v) is 10.9. The molecule has 3 aromatic rings. The number of rotatable bonds is 4. The molecule has 0 bridgehead atoms. The number of hydrogen-bond acceptors (Lipinski definition) is 4. The third-order valence-corrected chi connectivity index (χ3v) is 6.60. The van der Waals surface area contributed by atoms with Gasteiger partial charge in [0.15, 0.2) is 0 Å². The predicted molar refractivity (Wildman–Crippen MR) is 116 cm³/mol. The van der Waals surface area contributed by atoms with Gasteiger partial charge in [-0.1, -0.05) is 19.8 Å². The second kappa shape index (κ2) is 8.30. The molecule has 3 nitrogen and oxygen atoms in total. The zero-order valence-corrected chi connectivity index (χ0v) is 17.0. The molecular formula is C23H28N2OS. The van der Waals surface area contributed by atoms with Crippen molar-refractivity contribution in [3.8, 4) is 16.3 Å². The number of benzene rings is 2. The fourth-order valence-electron chi connectivity index (χ4n) is 3.87. The molecule has 1 aliphatic rings. The maximum atomic E-state index is 6.35. The SMILES string of the molecule is CNc1ccc(-c2nc3ccc(OC4CCCC(C)CCC4)cc3s2)cc1. The number of hydrogen-bond donors (Lipinski definition) is 1. The van der Waals surface area contributed by atoms with E-state index in [1.54, 1.807) is 11.3 Å². The summed E-state index contributed by atoms with van der Waals surface area (Å²) in [7, 11) is 1.94. The van der Waals surface area contributed by atoms with E-state index >= 15 is 0 Å². The van der Waals surface area contributed by atoms with Crippen LogP contribution < -0.4 is 10.1 Å². The van der Waals surface area contributed by atoms with Gasteiger partial charge in [0.1, 0.15) is 10.8 Å². The van der Waals surface area contributed by atoms with Crippen molar-refractivity contribution in [1.82, 2.24) is 4.98 Å². The van der Waals surface area contributed by atoms with Gasteiger partial charge in [-0.2, -0.15) is 0 Å². The molecule has 0 atom stereocenters. The standard InChI is InChI=1S/C23H28N2OS/c1-16-5-3-7-19(8-4-6-16)26-20-13-14-21-22(15-20)27-23(25-21)17-9-11-18(24-2)12-10-17/h9-16,19,24H,3-8H2,1-2H3. The summed E-state index contributed by atoms with van der Waals surface area (Å²) in [5.41, 5.74) is 3.32. The van der Waals surface area contributed by atoms with Crippen molar-refractivity contribution in [2.75, 3.05) is 12.4 Å².